The van der Waals surface area contributed by atoms with Crippen LogP contribution >= 0.6 is 0 Å². The lowest BCUT2D eigenvalue weighted by atomic mass is 10.0. The monoisotopic (exact) mass is 268 g/mol. The number of hydrogen-bond donors (Lipinski definition) is 1. The lowest BCUT2D eigenvalue weighted by Crippen LogP contribution is -2.31. The lowest BCUT2D eigenvalue weighted by Gasteiger charge is -2.23. The third kappa shape index (κ3) is 4.91. The van der Waals surface area contributed by atoms with Gasteiger partial charge in [0.25, 0.3) is 0 Å². The second-order valence-electron chi connectivity index (χ2n) is 5.74. The van der Waals surface area contributed by atoms with Crippen LogP contribution in [0.15, 0.2) is 4.52 Å². The van der Waals surface area contributed by atoms with Crippen molar-refractivity contribution in [3.63, 3.8) is 0 Å². The second kappa shape index (κ2) is 7.01. The zero-order valence-corrected chi connectivity index (χ0v) is 12.9. The molecule has 19 heavy (non-hydrogen) atoms. The molecule has 0 bridgehead atoms. The van der Waals surface area contributed by atoms with Crippen LogP contribution in [-0.4, -0.2) is 28.1 Å². The minimum Gasteiger partial charge on any atom is -0.338 e. The van der Waals surface area contributed by atoms with Crippen molar-refractivity contribution in [2.75, 3.05) is 13.1 Å². The summed E-state index contributed by atoms with van der Waals surface area (Å²) >= 11 is 0. The fourth-order valence-electron chi connectivity index (χ4n) is 1.99. The van der Waals surface area contributed by atoms with E-state index in [4.69, 9.17) is 10.3 Å². The van der Waals surface area contributed by atoms with Gasteiger partial charge in [-0.15, -0.1) is 0 Å². The fraction of sp³-hybridized carbons (Fsp3) is 0.857. The van der Waals surface area contributed by atoms with Crippen molar-refractivity contribution in [2.45, 2.75) is 59.5 Å². The molecular weight excluding hydrogens is 240 g/mol. The smallest absolute Gasteiger partial charge is 0.240 e. The molecule has 0 saturated heterocycles. The zero-order chi connectivity index (χ0) is 14.5. The van der Waals surface area contributed by atoms with Gasteiger partial charge in [0.15, 0.2) is 5.82 Å². The van der Waals surface area contributed by atoms with Crippen LogP contribution in [0.5, 0.6) is 0 Å². The quantitative estimate of drug-likeness (QED) is 0.784. The van der Waals surface area contributed by atoms with E-state index < -0.39 is 5.54 Å². The highest BCUT2D eigenvalue weighted by Crippen LogP contribution is 2.15. The first-order chi connectivity index (χ1) is 8.90. The third-order valence-corrected chi connectivity index (χ3v) is 3.52. The summed E-state index contributed by atoms with van der Waals surface area (Å²) in [4.78, 5) is 6.73. The van der Waals surface area contributed by atoms with Crippen LogP contribution in [0.3, 0.4) is 0 Å². The standard InChI is InChI=1S/C14H28N4O/c1-6-11(7-2)9-18(8-3)10-12-16-13(17-19-12)14(4,5)15/h11H,6-10,15H2,1-5H3. The van der Waals surface area contributed by atoms with Gasteiger partial charge in [-0.2, -0.15) is 4.98 Å². The van der Waals surface area contributed by atoms with E-state index in [1.54, 1.807) is 0 Å². The highest BCUT2D eigenvalue weighted by molar-refractivity contribution is 4.99. The van der Waals surface area contributed by atoms with Crippen LogP contribution in [-0.2, 0) is 12.1 Å². The van der Waals surface area contributed by atoms with Crippen molar-refractivity contribution < 1.29 is 4.52 Å². The first kappa shape index (κ1) is 16.1. The number of aromatic nitrogens is 2. The van der Waals surface area contributed by atoms with Gasteiger partial charge in [0, 0.05) is 6.54 Å². The Labute approximate surface area is 116 Å². The SMILES string of the molecule is CCC(CC)CN(CC)Cc1nc(C(C)(C)N)no1. The summed E-state index contributed by atoms with van der Waals surface area (Å²) in [5, 5.41) is 3.96. The Bertz CT molecular complexity index is 366. The Morgan fingerprint density at radius 3 is 2.32 bits per heavy atom. The first-order valence-electron chi connectivity index (χ1n) is 7.24. The molecule has 0 radical (unpaired) electrons. The van der Waals surface area contributed by atoms with Crippen LogP contribution in [0.25, 0.3) is 0 Å². The van der Waals surface area contributed by atoms with Gasteiger partial charge < -0.3 is 10.3 Å². The van der Waals surface area contributed by atoms with E-state index in [0.717, 1.165) is 19.0 Å². The average molecular weight is 268 g/mol. The molecule has 0 aliphatic carbocycles. The lowest BCUT2D eigenvalue weighted by molar-refractivity contribution is 0.198. The average Bonchev–Trinajstić information content (AvgIpc) is 2.82. The van der Waals surface area contributed by atoms with Crippen molar-refractivity contribution in [2.24, 2.45) is 11.7 Å². The van der Waals surface area contributed by atoms with Gasteiger partial charge in [-0.3, -0.25) is 4.90 Å². The number of nitrogens with zero attached hydrogens (tertiary/aromatic N) is 3. The molecular formula is C14H28N4O. The summed E-state index contributed by atoms with van der Waals surface area (Å²) < 4.78 is 5.29. The molecule has 1 aromatic heterocycles. The molecule has 1 heterocycles. The molecule has 2 N–H and O–H groups in total. The van der Waals surface area contributed by atoms with Crippen molar-refractivity contribution in [3.8, 4) is 0 Å². The Kier molecular flexibility index (Phi) is 5.94. The fourth-order valence-corrected chi connectivity index (χ4v) is 1.99. The Balaban J connectivity index is 2.63. The molecule has 0 amide bonds. The van der Waals surface area contributed by atoms with Gasteiger partial charge in [-0.25, -0.2) is 0 Å². The Morgan fingerprint density at radius 2 is 1.89 bits per heavy atom. The van der Waals surface area contributed by atoms with E-state index in [0.29, 0.717) is 18.3 Å². The molecule has 5 nitrogen and oxygen atoms in total. The van der Waals surface area contributed by atoms with E-state index in [9.17, 15) is 0 Å². The molecule has 0 fully saturated rings. The summed E-state index contributed by atoms with van der Waals surface area (Å²) in [5.74, 6) is 1.95. The minimum absolute atomic E-state index is 0.547. The van der Waals surface area contributed by atoms with Crippen molar-refractivity contribution >= 4 is 0 Å². The van der Waals surface area contributed by atoms with E-state index in [1.807, 2.05) is 13.8 Å². The summed E-state index contributed by atoms with van der Waals surface area (Å²) in [6.45, 7) is 13.2. The summed E-state index contributed by atoms with van der Waals surface area (Å²) in [7, 11) is 0. The van der Waals surface area contributed by atoms with Crippen LogP contribution < -0.4 is 5.73 Å². The van der Waals surface area contributed by atoms with Gasteiger partial charge in [-0.05, 0) is 26.3 Å². The number of nitrogens with two attached hydrogens (primary N) is 1. The van der Waals surface area contributed by atoms with Crippen molar-refractivity contribution in [3.05, 3.63) is 11.7 Å². The summed E-state index contributed by atoms with van der Waals surface area (Å²) in [5.41, 5.74) is 5.41. The molecule has 0 atom stereocenters. The second-order valence-corrected chi connectivity index (χ2v) is 5.74. The van der Waals surface area contributed by atoms with Crippen LogP contribution in [0.2, 0.25) is 0 Å². The number of hydrogen-bond acceptors (Lipinski definition) is 5. The summed E-state index contributed by atoms with van der Waals surface area (Å²) in [6.07, 6.45) is 2.41. The Hall–Kier alpha value is -0.940. The van der Waals surface area contributed by atoms with Gasteiger partial charge in [0.1, 0.15) is 0 Å². The molecule has 0 saturated carbocycles. The molecule has 1 aromatic rings. The van der Waals surface area contributed by atoms with Gasteiger partial charge >= 0.3 is 0 Å². The van der Waals surface area contributed by atoms with Gasteiger partial charge in [0.2, 0.25) is 5.89 Å². The van der Waals surface area contributed by atoms with E-state index in [1.165, 1.54) is 12.8 Å². The molecule has 0 aliphatic heterocycles. The van der Waals surface area contributed by atoms with Crippen LogP contribution in [0.1, 0.15) is 59.2 Å². The topological polar surface area (TPSA) is 68.2 Å². The molecule has 0 unspecified atom stereocenters. The maximum atomic E-state index is 5.96. The highest BCUT2D eigenvalue weighted by atomic mass is 16.5. The zero-order valence-electron chi connectivity index (χ0n) is 12.9. The van der Waals surface area contributed by atoms with E-state index in [2.05, 4.69) is 35.8 Å². The third-order valence-electron chi connectivity index (χ3n) is 3.52. The minimum atomic E-state index is -0.547. The van der Waals surface area contributed by atoms with Gasteiger partial charge in [-0.1, -0.05) is 38.8 Å². The van der Waals surface area contributed by atoms with Crippen LogP contribution in [0.4, 0.5) is 0 Å². The molecule has 0 aliphatic rings. The van der Waals surface area contributed by atoms with E-state index >= 15 is 0 Å². The summed E-state index contributed by atoms with van der Waals surface area (Å²) in [6, 6.07) is 0. The predicted molar refractivity (Wildman–Crippen MR) is 76.5 cm³/mol. The van der Waals surface area contributed by atoms with Crippen LogP contribution in [0, 0.1) is 5.92 Å². The molecule has 0 spiro atoms. The maximum Gasteiger partial charge on any atom is 0.240 e. The molecule has 0 aromatic carbocycles. The number of rotatable bonds is 8. The molecule has 1 rings (SSSR count). The maximum absolute atomic E-state index is 5.96. The molecule has 5 heteroatoms. The van der Waals surface area contributed by atoms with E-state index in [-0.39, 0.29) is 0 Å². The molecule has 110 valence electrons. The van der Waals surface area contributed by atoms with Crippen molar-refractivity contribution in [1.82, 2.24) is 15.0 Å². The largest absolute Gasteiger partial charge is 0.338 e. The Morgan fingerprint density at radius 1 is 1.26 bits per heavy atom. The van der Waals surface area contributed by atoms with Gasteiger partial charge in [0.05, 0.1) is 12.1 Å². The normalized spacial score (nSPS) is 12.6. The van der Waals surface area contributed by atoms with Crippen molar-refractivity contribution in [1.29, 1.82) is 0 Å². The first-order valence-corrected chi connectivity index (χ1v) is 7.24. The predicted octanol–water partition coefficient (Wildman–Crippen LogP) is 2.52. The highest BCUT2D eigenvalue weighted by Gasteiger charge is 2.22.